The van der Waals surface area contributed by atoms with Crippen molar-refractivity contribution < 1.29 is 102 Å². The van der Waals surface area contributed by atoms with Crippen LogP contribution in [0.4, 0.5) is 0 Å². The predicted molar refractivity (Wildman–Crippen MR) is 338 cm³/mol. The van der Waals surface area contributed by atoms with Crippen LogP contribution in [0.5, 0.6) is 0 Å². The molecule has 0 aromatic heterocycles. The molecule has 2 rings (SSSR count). The smallest absolute Gasteiger partial charge is 0.328 e. The van der Waals surface area contributed by atoms with E-state index in [1.54, 1.807) is 0 Å². The number of hydrogen-bond donors (Lipinski definition) is 11. The van der Waals surface area contributed by atoms with E-state index in [1.807, 2.05) is 0 Å². The number of nitrogens with two attached hydrogens (primary N) is 1. The lowest BCUT2D eigenvalue weighted by Gasteiger charge is -2.48. The Morgan fingerprint density at radius 2 is 0.978 bits per heavy atom. The quantitative estimate of drug-likeness (QED) is 0.0233. The highest BCUT2D eigenvalue weighted by molar-refractivity contribution is 5.92. The van der Waals surface area contributed by atoms with Gasteiger partial charge in [0.15, 0.2) is 18.7 Å². The molecule has 0 bridgehead atoms. The number of hydrogen-bond acceptors (Lipinski definition) is 21. The molecule has 2 heterocycles. The Hall–Kier alpha value is -5.13. The molecular weight excluding hydrogens is 1200 g/mol. The third kappa shape index (κ3) is 34.3. The van der Waals surface area contributed by atoms with Gasteiger partial charge in [0.1, 0.15) is 86.2 Å². The highest BCUT2D eigenvalue weighted by Gasteiger charge is 2.53. The van der Waals surface area contributed by atoms with Crippen molar-refractivity contribution in [1.82, 2.24) is 26.6 Å². The van der Waals surface area contributed by atoms with Gasteiger partial charge in [-0.25, -0.2) is 4.79 Å². The first-order chi connectivity index (χ1) is 44.0. The highest BCUT2D eigenvalue weighted by Crippen LogP contribution is 2.31. The minimum Gasteiger partial charge on any atom is -0.462 e. The van der Waals surface area contributed by atoms with Crippen LogP contribution in [0.2, 0.25) is 0 Å². The summed E-state index contributed by atoms with van der Waals surface area (Å²) < 4.78 is 40.0. The van der Waals surface area contributed by atoms with Crippen LogP contribution < -0.4 is 32.3 Å². The Morgan fingerprint density at radius 3 is 1.46 bits per heavy atom. The van der Waals surface area contributed by atoms with Crippen molar-refractivity contribution in [3.05, 3.63) is 0 Å². The number of primary amides is 1. The lowest BCUT2D eigenvalue weighted by atomic mass is 9.94. The summed E-state index contributed by atoms with van der Waals surface area (Å²) in [6.07, 6.45) is 13.5. The maximum absolute atomic E-state index is 13.7. The van der Waals surface area contributed by atoms with Gasteiger partial charge in [0.2, 0.25) is 35.4 Å². The van der Waals surface area contributed by atoms with Crippen LogP contribution in [0, 0.1) is 0 Å². The number of rotatable bonds is 51. The van der Waals surface area contributed by atoms with Crippen molar-refractivity contribution in [3.63, 3.8) is 0 Å². The number of unbranched alkanes of at least 4 members (excludes halogenated alkanes) is 24. The van der Waals surface area contributed by atoms with Gasteiger partial charge in [0, 0.05) is 33.1 Å². The van der Waals surface area contributed by atoms with E-state index in [0.717, 1.165) is 58.8 Å². The zero-order valence-corrected chi connectivity index (χ0v) is 56.0. The summed E-state index contributed by atoms with van der Waals surface area (Å²) in [5.74, 6) is -6.99. The third-order valence-electron chi connectivity index (χ3n) is 16.4. The van der Waals surface area contributed by atoms with E-state index < -0.39 is 171 Å². The third-order valence-corrected chi connectivity index (χ3v) is 16.4. The fourth-order valence-electron chi connectivity index (χ4n) is 10.9. The molecule has 15 unspecified atom stereocenters. The van der Waals surface area contributed by atoms with E-state index in [9.17, 15) is 68.7 Å². The van der Waals surface area contributed by atoms with Crippen molar-refractivity contribution in [2.24, 2.45) is 5.73 Å². The van der Waals surface area contributed by atoms with E-state index in [4.69, 9.17) is 38.9 Å². The second kappa shape index (κ2) is 48.6. The highest BCUT2D eigenvalue weighted by atomic mass is 16.7. The molecule has 0 aromatic carbocycles. The zero-order valence-electron chi connectivity index (χ0n) is 56.0. The lowest BCUT2D eigenvalue weighted by Crippen LogP contribution is -2.70. The van der Waals surface area contributed by atoms with Crippen molar-refractivity contribution in [2.45, 2.75) is 333 Å². The Morgan fingerprint density at radius 1 is 0.511 bits per heavy atom. The average molecular weight is 1320 g/mol. The lowest BCUT2D eigenvalue weighted by molar-refractivity contribution is -0.333. The molecule has 0 spiro atoms. The number of nitrogens with one attached hydrogen (secondary N) is 5. The number of carbonyl (C=O) groups excluding carboxylic acids is 9. The van der Waals surface area contributed by atoms with Gasteiger partial charge < -0.3 is 91.0 Å². The van der Waals surface area contributed by atoms with E-state index >= 15 is 0 Å². The molecule has 27 heteroatoms. The molecule has 92 heavy (non-hydrogen) atoms. The summed E-state index contributed by atoms with van der Waals surface area (Å²) in [7, 11) is 0. The van der Waals surface area contributed by atoms with E-state index in [2.05, 4.69) is 40.4 Å². The topological polar surface area (TPSA) is 406 Å². The second-order valence-corrected chi connectivity index (χ2v) is 24.7. The minimum atomic E-state index is -1.88. The number of amides is 6. The normalized spacial score (nSPS) is 23.0. The maximum Gasteiger partial charge on any atom is 0.328 e. The van der Waals surface area contributed by atoms with Gasteiger partial charge in [-0.2, -0.15) is 0 Å². The van der Waals surface area contributed by atoms with Gasteiger partial charge in [-0.1, -0.05) is 168 Å². The number of esters is 3. The molecule has 0 aliphatic carbocycles. The summed E-state index contributed by atoms with van der Waals surface area (Å²) in [5, 5.41) is 64.7. The second-order valence-electron chi connectivity index (χ2n) is 24.7. The monoisotopic (exact) mass is 1320 g/mol. The van der Waals surface area contributed by atoms with Gasteiger partial charge in [0.25, 0.3) is 0 Å². The molecule has 0 radical (unpaired) electrons. The van der Waals surface area contributed by atoms with Crippen LogP contribution in [0.15, 0.2) is 0 Å². The molecular formula is C65H116N6O21. The first kappa shape index (κ1) is 83.0. The first-order valence-corrected chi connectivity index (χ1v) is 34.1. The zero-order chi connectivity index (χ0) is 68.4. The number of aliphatic hydroxyl groups is 5. The Labute approximate surface area is 544 Å². The Balaban J connectivity index is 2.00. The van der Waals surface area contributed by atoms with Gasteiger partial charge in [0.05, 0.1) is 13.2 Å². The fraction of sp³-hybridized carbons (Fsp3) is 0.862. The molecule has 27 nitrogen and oxygen atoms in total. The van der Waals surface area contributed by atoms with Gasteiger partial charge >= 0.3 is 17.9 Å². The van der Waals surface area contributed by atoms with Crippen LogP contribution >= 0.6 is 0 Å². The number of ether oxygens (including phenoxy) is 7. The molecule has 0 saturated carbocycles. The molecule has 2 fully saturated rings. The van der Waals surface area contributed by atoms with Crippen LogP contribution in [0.25, 0.3) is 0 Å². The van der Waals surface area contributed by atoms with Crippen molar-refractivity contribution >= 4 is 53.4 Å². The number of carbonyl (C=O) groups is 9. The molecule has 2 aliphatic rings. The minimum absolute atomic E-state index is 0.129. The summed E-state index contributed by atoms with van der Waals surface area (Å²) >= 11 is 0. The van der Waals surface area contributed by atoms with Gasteiger partial charge in [-0.05, 0) is 40.0 Å². The molecule has 15 atom stereocenters. The Bertz CT molecular complexity index is 2150. The molecule has 2 saturated heterocycles. The summed E-state index contributed by atoms with van der Waals surface area (Å²) in [5.41, 5.74) is 5.60. The average Bonchev–Trinajstić information content (AvgIpc) is 0.839. The summed E-state index contributed by atoms with van der Waals surface area (Å²) in [4.78, 5) is 116. The molecule has 12 N–H and O–H groups in total. The van der Waals surface area contributed by atoms with E-state index in [1.165, 1.54) is 130 Å². The SMILES string of the molecule is CCCCCCCCCCCCCCCC(=O)OCC(COC(=O)C(C)NC(=O)CCC(NC(=O)C(C)NC(=O)C(C)OC1C(NC(C)=O)C(O)OC(CO)C1OC1OC(CO)C(O)C(O)C1NC(C)=O)C(N)=O)OC(=O)CCCCCCCCCCCCCCC. The molecule has 6 amide bonds. The fourth-order valence-corrected chi connectivity index (χ4v) is 10.9. The molecule has 532 valence electrons. The number of aliphatic hydroxyl groups excluding tert-OH is 5. The van der Waals surface area contributed by atoms with E-state index in [-0.39, 0.29) is 25.9 Å². The molecule has 2 aliphatic heterocycles. The Kier molecular flexibility index (Phi) is 43.8. The van der Waals surface area contributed by atoms with E-state index in [0.29, 0.717) is 12.8 Å². The van der Waals surface area contributed by atoms with Gasteiger partial charge in [-0.3, -0.25) is 38.4 Å². The van der Waals surface area contributed by atoms with Crippen LogP contribution in [-0.2, 0) is 76.3 Å². The maximum atomic E-state index is 13.7. The van der Waals surface area contributed by atoms with Crippen molar-refractivity contribution in [2.75, 3.05) is 26.4 Å². The van der Waals surface area contributed by atoms with Gasteiger partial charge in [-0.15, -0.1) is 0 Å². The standard InChI is InChI=1S/C65H116N6O21/c1-8-10-12-14-16-18-20-22-24-26-28-30-32-34-52(77)86-40-47(89-53(78)35-33-31-29-27-25-23-21-19-17-15-13-11-9-2)41-87-63(84)43(4)67-51(76)37-36-48(60(66)81)71-61(82)42(3)68-62(83)44(5)88-59-55(70-46(7)75)64(85)90-50(39-73)58(59)92-65-54(69-45(6)74)57(80)56(79)49(38-72)91-65/h42-44,47-50,54-59,64-65,72-73,79-80,85H,8-41H2,1-7H3,(H2,66,81)(H,67,76)(H,68,83)(H,69,74)(H,70,75)(H,71,82). The largest absolute Gasteiger partial charge is 0.462 e. The van der Waals surface area contributed by atoms with Crippen molar-refractivity contribution in [3.8, 4) is 0 Å². The van der Waals surface area contributed by atoms with Crippen molar-refractivity contribution in [1.29, 1.82) is 0 Å². The first-order valence-electron chi connectivity index (χ1n) is 34.1. The predicted octanol–water partition coefficient (Wildman–Crippen LogP) is 4.02. The van der Waals surface area contributed by atoms with Crippen LogP contribution in [0.3, 0.4) is 0 Å². The summed E-state index contributed by atoms with van der Waals surface area (Å²) in [6, 6.07) is -7.14. The molecule has 0 aromatic rings. The van der Waals surface area contributed by atoms with Crippen LogP contribution in [0.1, 0.15) is 241 Å². The van der Waals surface area contributed by atoms with Crippen LogP contribution in [-0.4, -0.2) is 197 Å². The summed E-state index contributed by atoms with van der Waals surface area (Å²) in [6.45, 7) is 7.96.